The zero-order chi connectivity index (χ0) is 14.2. The van der Waals surface area contributed by atoms with Gasteiger partial charge in [0.2, 0.25) is 5.88 Å². The van der Waals surface area contributed by atoms with E-state index in [1.54, 1.807) is 0 Å². The molecule has 1 heterocycles. The van der Waals surface area contributed by atoms with Crippen LogP contribution in [0.5, 0.6) is 5.88 Å². The summed E-state index contributed by atoms with van der Waals surface area (Å²) in [5.74, 6) is 2.12. The van der Waals surface area contributed by atoms with E-state index in [9.17, 15) is 0 Å². The Balaban J connectivity index is 2.26. The van der Waals surface area contributed by atoms with Gasteiger partial charge in [0.25, 0.3) is 0 Å². The van der Waals surface area contributed by atoms with E-state index in [0.717, 1.165) is 30.8 Å². The third-order valence-corrected chi connectivity index (χ3v) is 2.84. The Morgan fingerprint density at radius 2 is 1.90 bits per heavy atom. The lowest BCUT2D eigenvalue weighted by molar-refractivity contribution is 0.298. The van der Waals surface area contributed by atoms with Crippen LogP contribution in [0.15, 0.2) is 36.4 Å². The van der Waals surface area contributed by atoms with Crippen LogP contribution in [0.1, 0.15) is 26.7 Å². The average Bonchev–Trinajstić information content (AvgIpc) is 2.49. The van der Waals surface area contributed by atoms with E-state index in [1.807, 2.05) is 43.3 Å². The van der Waals surface area contributed by atoms with Crippen molar-refractivity contribution in [2.45, 2.75) is 26.7 Å². The molecule has 0 aliphatic carbocycles. The van der Waals surface area contributed by atoms with Crippen LogP contribution in [-0.4, -0.2) is 23.1 Å². The summed E-state index contributed by atoms with van der Waals surface area (Å²) in [6.45, 7) is 5.69. The minimum Gasteiger partial charge on any atom is -0.478 e. The standard InChI is InChI=1S/C16H21N3O/c1-3-5-11-20-15-12-14(17-4-2)18-16(19-15)13-9-7-6-8-10-13/h6-10,12H,3-5,11H2,1-2H3,(H,17,18,19). The van der Waals surface area contributed by atoms with Crippen molar-refractivity contribution < 1.29 is 4.74 Å². The van der Waals surface area contributed by atoms with Crippen molar-refractivity contribution >= 4 is 5.82 Å². The third-order valence-electron chi connectivity index (χ3n) is 2.84. The van der Waals surface area contributed by atoms with Gasteiger partial charge in [-0.25, -0.2) is 4.98 Å². The molecule has 1 aromatic carbocycles. The molecule has 20 heavy (non-hydrogen) atoms. The predicted molar refractivity (Wildman–Crippen MR) is 82.0 cm³/mol. The van der Waals surface area contributed by atoms with Gasteiger partial charge in [0.1, 0.15) is 5.82 Å². The van der Waals surface area contributed by atoms with Crippen LogP contribution in [0, 0.1) is 0 Å². The van der Waals surface area contributed by atoms with E-state index in [1.165, 1.54) is 0 Å². The number of anilines is 1. The molecule has 0 atom stereocenters. The van der Waals surface area contributed by atoms with Crippen molar-refractivity contribution in [2.24, 2.45) is 0 Å². The Hall–Kier alpha value is -2.10. The van der Waals surface area contributed by atoms with Gasteiger partial charge in [0.05, 0.1) is 6.61 Å². The Morgan fingerprint density at radius 3 is 2.60 bits per heavy atom. The van der Waals surface area contributed by atoms with Gasteiger partial charge >= 0.3 is 0 Å². The van der Waals surface area contributed by atoms with Crippen LogP contribution in [0.3, 0.4) is 0 Å². The van der Waals surface area contributed by atoms with Crippen molar-refractivity contribution in [3.63, 3.8) is 0 Å². The molecule has 0 spiro atoms. The summed E-state index contributed by atoms with van der Waals surface area (Å²) < 4.78 is 5.70. The molecule has 0 bridgehead atoms. The highest BCUT2D eigenvalue weighted by atomic mass is 16.5. The summed E-state index contributed by atoms with van der Waals surface area (Å²) in [6, 6.07) is 11.8. The van der Waals surface area contributed by atoms with E-state index in [4.69, 9.17) is 4.74 Å². The first kappa shape index (κ1) is 14.3. The number of hydrogen-bond acceptors (Lipinski definition) is 4. The van der Waals surface area contributed by atoms with Gasteiger partial charge in [-0.15, -0.1) is 0 Å². The number of rotatable bonds is 7. The van der Waals surface area contributed by atoms with E-state index in [2.05, 4.69) is 22.2 Å². The molecular weight excluding hydrogens is 250 g/mol. The highest BCUT2D eigenvalue weighted by Crippen LogP contribution is 2.21. The molecule has 0 saturated carbocycles. The largest absolute Gasteiger partial charge is 0.478 e. The first-order valence-corrected chi connectivity index (χ1v) is 7.14. The molecule has 4 nitrogen and oxygen atoms in total. The first-order valence-electron chi connectivity index (χ1n) is 7.14. The van der Waals surface area contributed by atoms with Gasteiger partial charge in [0, 0.05) is 18.2 Å². The SMILES string of the molecule is CCCCOc1cc(NCC)nc(-c2ccccc2)n1. The van der Waals surface area contributed by atoms with Crippen LogP contribution < -0.4 is 10.1 Å². The van der Waals surface area contributed by atoms with Gasteiger partial charge < -0.3 is 10.1 Å². The molecular formula is C16H21N3O. The predicted octanol–water partition coefficient (Wildman–Crippen LogP) is 3.75. The number of nitrogens with one attached hydrogen (secondary N) is 1. The van der Waals surface area contributed by atoms with Crippen LogP contribution >= 0.6 is 0 Å². The Morgan fingerprint density at radius 1 is 1.10 bits per heavy atom. The van der Waals surface area contributed by atoms with Gasteiger partial charge in [-0.3, -0.25) is 0 Å². The highest BCUT2D eigenvalue weighted by molar-refractivity contribution is 5.58. The number of ether oxygens (including phenoxy) is 1. The van der Waals surface area contributed by atoms with Crippen molar-refractivity contribution in [3.8, 4) is 17.3 Å². The number of nitrogens with zero attached hydrogens (tertiary/aromatic N) is 2. The molecule has 1 N–H and O–H groups in total. The maximum absolute atomic E-state index is 5.70. The number of benzene rings is 1. The molecule has 0 aliphatic rings. The molecule has 106 valence electrons. The number of hydrogen-bond donors (Lipinski definition) is 1. The molecule has 0 amide bonds. The summed E-state index contributed by atoms with van der Waals surface area (Å²) >= 11 is 0. The maximum atomic E-state index is 5.70. The number of aromatic nitrogens is 2. The van der Waals surface area contributed by atoms with Crippen molar-refractivity contribution in [1.29, 1.82) is 0 Å². The lowest BCUT2D eigenvalue weighted by Gasteiger charge is -2.10. The minimum absolute atomic E-state index is 0.628. The van der Waals surface area contributed by atoms with Gasteiger partial charge in [-0.1, -0.05) is 43.7 Å². The fourth-order valence-electron chi connectivity index (χ4n) is 1.81. The molecule has 2 aromatic rings. The summed E-state index contributed by atoms with van der Waals surface area (Å²) in [4.78, 5) is 9.00. The molecule has 0 radical (unpaired) electrons. The smallest absolute Gasteiger partial charge is 0.219 e. The molecule has 0 aliphatic heterocycles. The monoisotopic (exact) mass is 271 g/mol. The number of unbranched alkanes of at least 4 members (excludes halogenated alkanes) is 1. The van der Waals surface area contributed by atoms with E-state index < -0.39 is 0 Å². The first-order chi connectivity index (χ1) is 9.83. The second-order valence-electron chi connectivity index (χ2n) is 4.51. The quantitative estimate of drug-likeness (QED) is 0.779. The summed E-state index contributed by atoms with van der Waals surface area (Å²) in [7, 11) is 0. The molecule has 0 fully saturated rings. The fourth-order valence-corrected chi connectivity index (χ4v) is 1.81. The highest BCUT2D eigenvalue weighted by Gasteiger charge is 2.07. The maximum Gasteiger partial charge on any atom is 0.219 e. The summed E-state index contributed by atoms with van der Waals surface area (Å²) in [5.41, 5.74) is 0.993. The summed E-state index contributed by atoms with van der Waals surface area (Å²) in [5, 5.41) is 3.22. The molecule has 2 rings (SSSR count). The van der Waals surface area contributed by atoms with Gasteiger partial charge in [-0.2, -0.15) is 4.98 Å². The van der Waals surface area contributed by atoms with E-state index >= 15 is 0 Å². The topological polar surface area (TPSA) is 47.0 Å². The molecule has 0 saturated heterocycles. The Bertz CT molecular complexity index is 529. The van der Waals surface area contributed by atoms with Crippen molar-refractivity contribution in [3.05, 3.63) is 36.4 Å². The van der Waals surface area contributed by atoms with E-state index in [-0.39, 0.29) is 0 Å². The summed E-state index contributed by atoms with van der Waals surface area (Å²) in [6.07, 6.45) is 2.14. The molecule has 1 aromatic heterocycles. The van der Waals surface area contributed by atoms with Crippen molar-refractivity contribution in [2.75, 3.05) is 18.5 Å². The normalized spacial score (nSPS) is 10.3. The Kier molecular flexibility index (Phi) is 5.35. The van der Waals surface area contributed by atoms with Gasteiger partial charge in [-0.05, 0) is 13.3 Å². The second kappa shape index (κ2) is 7.48. The van der Waals surface area contributed by atoms with Crippen LogP contribution in [0.4, 0.5) is 5.82 Å². The molecule has 4 heteroatoms. The van der Waals surface area contributed by atoms with Crippen LogP contribution in [0.25, 0.3) is 11.4 Å². The second-order valence-corrected chi connectivity index (χ2v) is 4.51. The zero-order valence-electron chi connectivity index (χ0n) is 12.1. The lowest BCUT2D eigenvalue weighted by atomic mass is 10.2. The lowest BCUT2D eigenvalue weighted by Crippen LogP contribution is -2.05. The Labute approximate surface area is 120 Å². The van der Waals surface area contributed by atoms with Crippen molar-refractivity contribution in [1.82, 2.24) is 9.97 Å². The minimum atomic E-state index is 0.628. The van der Waals surface area contributed by atoms with Crippen LogP contribution in [0.2, 0.25) is 0 Å². The van der Waals surface area contributed by atoms with Crippen LogP contribution in [-0.2, 0) is 0 Å². The average molecular weight is 271 g/mol. The van der Waals surface area contributed by atoms with Gasteiger partial charge in [0.15, 0.2) is 5.82 Å². The van der Waals surface area contributed by atoms with E-state index in [0.29, 0.717) is 18.3 Å². The fraction of sp³-hybridized carbons (Fsp3) is 0.375. The molecule has 0 unspecified atom stereocenters. The third kappa shape index (κ3) is 3.95. The zero-order valence-corrected chi connectivity index (χ0v) is 12.1.